The molecule has 0 radical (unpaired) electrons. The monoisotopic (exact) mass is 380 g/mol. The van der Waals surface area contributed by atoms with Crippen molar-refractivity contribution >= 4 is 17.2 Å². The number of ether oxygens (including phenoxy) is 1. The molecule has 1 unspecified atom stereocenters. The Morgan fingerprint density at radius 3 is 2.54 bits per heavy atom. The van der Waals surface area contributed by atoms with E-state index < -0.39 is 6.61 Å². The predicted molar refractivity (Wildman–Crippen MR) is 97.7 cm³/mol. The van der Waals surface area contributed by atoms with E-state index in [1.165, 1.54) is 29.9 Å². The van der Waals surface area contributed by atoms with Crippen molar-refractivity contribution in [3.8, 4) is 5.75 Å². The van der Waals surface area contributed by atoms with Gasteiger partial charge >= 0.3 is 6.61 Å². The molecule has 1 N–H and O–H groups in total. The maximum absolute atomic E-state index is 12.3. The first-order valence-electron chi connectivity index (χ1n) is 8.70. The highest BCUT2D eigenvalue weighted by Crippen LogP contribution is 2.27. The van der Waals surface area contributed by atoms with Crippen molar-refractivity contribution in [1.82, 2.24) is 10.2 Å². The Labute approximate surface area is 155 Å². The van der Waals surface area contributed by atoms with Gasteiger partial charge in [0.25, 0.3) is 0 Å². The maximum atomic E-state index is 12.3. The summed E-state index contributed by atoms with van der Waals surface area (Å²) in [6.45, 7) is -0.149. The molecule has 140 valence electrons. The molecular formula is C19H22F2N2O2S. The largest absolute Gasteiger partial charge is 0.435 e. The number of nitrogens with zero attached hydrogens (tertiary/aromatic N) is 1. The van der Waals surface area contributed by atoms with Crippen molar-refractivity contribution in [2.45, 2.75) is 31.9 Å². The number of nitrogens with one attached hydrogen (secondary N) is 1. The molecule has 0 saturated carbocycles. The molecular weight excluding hydrogens is 358 g/mol. The minimum absolute atomic E-state index is 0.0757. The van der Waals surface area contributed by atoms with Gasteiger partial charge in [-0.3, -0.25) is 9.69 Å². The normalized spacial score (nSPS) is 16.0. The fraction of sp³-hybridized carbons (Fsp3) is 0.421. The van der Waals surface area contributed by atoms with Crippen molar-refractivity contribution in [3.05, 3.63) is 52.2 Å². The summed E-state index contributed by atoms with van der Waals surface area (Å²) in [6.07, 6.45) is 2.61. The molecule has 1 aliphatic rings. The Bertz CT molecular complexity index is 686. The third-order valence-electron chi connectivity index (χ3n) is 4.46. The van der Waals surface area contributed by atoms with Gasteiger partial charge in [-0.2, -0.15) is 8.78 Å². The van der Waals surface area contributed by atoms with E-state index in [0.717, 1.165) is 18.7 Å². The first-order chi connectivity index (χ1) is 12.6. The van der Waals surface area contributed by atoms with Crippen LogP contribution in [0.1, 0.15) is 29.3 Å². The Kier molecular flexibility index (Phi) is 6.57. The van der Waals surface area contributed by atoms with Crippen LogP contribution in [0, 0.1) is 0 Å². The Morgan fingerprint density at radius 2 is 1.92 bits per heavy atom. The van der Waals surface area contributed by atoms with E-state index in [9.17, 15) is 13.6 Å². The van der Waals surface area contributed by atoms with Crippen LogP contribution in [0.25, 0.3) is 0 Å². The van der Waals surface area contributed by atoms with E-state index in [4.69, 9.17) is 0 Å². The van der Waals surface area contributed by atoms with Crippen molar-refractivity contribution in [1.29, 1.82) is 0 Å². The molecule has 0 aliphatic carbocycles. The molecule has 26 heavy (non-hydrogen) atoms. The van der Waals surface area contributed by atoms with E-state index in [1.54, 1.807) is 23.5 Å². The van der Waals surface area contributed by atoms with E-state index in [0.29, 0.717) is 6.54 Å². The zero-order chi connectivity index (χ0) is 18.4. The molecule has 0 spiro atoms. The number of carbonyl (C=O) groups excluding carboxylic acids is 1. The van der Waals surface area contributed by atoms with Crippen molar-refractivity contribution in [2.24, 2.45) is 0 Å². The molecule has 1 fully saturated rings. The lowest BCUT2D eigenvalue weighted by Gasteiger charge is -2.27. The van der Waals surface area contributed by atoms with Crippen LogP contribution < -0.4 is 10.1 Å². The summed E-state index contributed by atoms with van der Waals surface area (Å²) in [4.78, 5) is 16.0. The molecule has 1 atom stereocenters. The summed E-state index contributed by atoms with van der Waals surface area (Å²) in [5.74, 6) is 0.0178. The fourth-order valence-electron chi connectivity index (χ4n) is 3.19. The Morgan fingerprint density at radius 1 is 1.19 bits per heavy atom. The minimum Gasteiger partial charge on any atom is -0.435 e. The number of hydrogen-bond donors (Lipinski definition) is 1. The summed E-state index contributed by atoms with van der Waals surface area (Å²) >= 11 is 1.71. The summed E-state index contributed by atoms with van der Waals surface area (Å²) in [6, 6.07) is 10.5. The van der Waals surface area contributed by atoms with E-state index >= 15 is 0 Å². The van der Waals surface area contributed by atoms with Gasteiger partial charge in [0.05, 0.1) is 12.5 Å². The molecule has 1 aromatic heterocycles. The Balaban J connectivity index is 1.53. The number of thiophene rings is 1. The van der Waals surface area contributed by atoms with Crippen LogP contribution in [0.15, 0.2) is 41.8 Å². The molecule has 2 aromatic rings. The van der Waals surface area contributed by atoms with Gasteiger partial charge in [-0.25, -0.2) is 0 Å². The van der Waals surface area contributed by atoms with Crippen molar-refractivity contribution in [2.75, 3.05) is 19.6 Å². The number of hydrogen-bond acceptors (Lipinski definition) is 4. The van der Waals surface area contributed by atoms with Gasteiger partial charge in [-0.05, 0) is 55.1 Å². The summed E-state index contributed by atoms with van der Waals surface area (Å²) in [5.41, 5.74) is 0.762. The fourth-order valence-corrected chi connectivity index (χ4v) is 4.05. The molecule has 7 heteroatoms. The summed E-state index contributed by atoms with van der Waals surface area (Å²) < 4.78 is 28.6. The second-order valence-corrected chi connectivity index (χ2v) is 7.26. The van der Waals surface area contributed by atoms with Crippen LogP contribution in [0.4, 0.5) is 8.78 Å². The lowest BCUT2D eigenvalue weighted by atomic mass is 10.1. The molecule has 1 amide bonds. The minimum atomic E-state index is -2.84. The number of halogens is 2. The van der Waals surface area contributed by atoms with Crippen molar-refractivity contribution < 1.29 is 18.3 Å². The lowest BCUT2D eigenvalue weighted by molar-refractivity contribution is -0.120. The topological polar surface area (TPSA) is 41.6 Å². The van der Waals surface area contributed by atoms with Crippen LogP contribution in [0.5, 0.6) is 5.75 Å². The summed E-state index contributed by atoms with van der Waals surface area (Å²) in [7, 11) is 0. The first-order valence-corrected chi connectivity index (χ1v) is 9.57. The highest BCUT2D eigenvalue weighted by Gasteiger charge is 2.24. The number of benzene rings is 1. The zero-order valence-corrected chi connectivity index (χ0v) is 15.2. The van der Waals surface area contributed by atoms with E-state index in [1.807, 2.05) is 6.07 Å². The second-order valence-electron chi connectivity index (χ2n) is 6.28. The van der Waals surface area contributed by atoms with E-state index in [-0.39, 0.29) is 24.1 Å². The SMILES string of the molecule is O=C(Cc1ccc(OC(F)F)cc1)NCC(c1cccs1)N1CCCC1. The van der Waals surface area contributed by atoms with Gasteiger partial charge in [0.15, 0.2) is 0 Å². The third kappa shape index (κ3) is 5.25. The smallest absolute Gasteiger partial charge is 0.387 e. The number of likely N-dealkylation sites (tertiary alicyclic amines) is 1. The lowest BCUT2D eigenvalue weighted by Crippen LogP contribution is -2.37. The number of carbonyl (C=O) groups is 1. The molecule has 1 aliphatic heterocycles. The van der Waals surface area contributed by atoms with Gasteiger partial charge in [-0.1, -0.05) is 18.2 Å². The highest BCUT2D eigenvalue weighted by atomic mass is 32.1. The third-order valence-corrected chi connectivity index (χ3v) is 5.43. The maximum Gasteiger partial charge on any atom is 0.387 e. The standard InChI is InChI=1S/C19H22F2N2O2S/c20-19(21)25-15-7-5-14(6-8-15)12-18(24)22-13-16(17-4-3-11-26-17)23-9-1-2-10-23/h3-8,11,16,19H,1-2,9-10,12-13H2,(H,22,24). The van der Waals surface area contributed by atoms with Crippen LogP contribution in [0.3, 0.4) is 0 Å². The number of amides is 1. The van der Waals surface area contributed by atoms with Gasteiger partial charge in [0.1, 0.15) is 5.75 Å². The van der Waals surface area contributed by atoms with Gasteiger partial charge in [0, 0.05) is 11.4 Å². The van der Waals surface area contributed by atoms with Crippen LogP contribution >= 0.6 is 11.3 Å². The first kappa shape index (κ1) is 18.8. The Hall–Kier alpha value is -1.99. The van der Waals surface area contributed by atoms with Crippen LogP contribution in [-0.2, 0) is 11.2 Å². The van der Waals surface area contributed by atoms with Gasteiger partial charge in [0.2, 0.25) is 5.91 Å². The molecule has 4 nitrogen and oxygen atoms in total. The van der Waals surface area contributed by atoms with Gasteiger partial charge in [-0.15, -0.1) is 11.3 Å². The predicted octanol–water partition coefficient (Wildman–Crippen LogP) is 3.85. The van der Waals surface area contributed by atoms with Crippen LogP contribution in [0.2, 0.25) is 0 Å². The van der Waals surface area contributed by atoms with E-state index in [2.05, 4.69) is 26.4 Å². The molecule has 1 saturated heterocycles. The molecule has 2 heterocycles. The average Bonchev–Trinajstić information content (AvgIpc) is 3.30. The molecule has 0 bridgehead atoms. The summed E-state index contributed by atoms with van der Waals surface area (Å²) in [5, 5.41) is 5.08. The average molecular weight is 380 g/mol. The quantitative estimate of drug-likeness (QED) is 0.756. The van der Waals surface area contributed by atoms with Crippen molar-refractivity contribution in [3.63, 3.8) is 0 Å². The highest BCUT2D eigenvalue weighted by molar-refractivity contribution is 7.10. The van der Waals surface area contributed by atoms with Gasteiger partial charge < -0.3 is 10.1 Å². The number of alkyl halides is 2. The zero-order valence-electron chi connectivity index (χ0n) is 14.4. The number of rotatable bonds is 8. The molecule has 3 rings (SSSR count). The molecule has 1 aromatic carbocycles. The van der Waals surface area contributed by atoms with Crippen LogP contribution in [-0.4, -0.2) is 37.1 Å². The second kappa shape index (κ2) is 9.09.